The summed E-state index contributed by atoms with van der Waals surface area (Å²) in [7, 11) is 0. The van der Waals surface area contributed by atoms with Gasteiger partial charge in [0, 0.05) is 12.0 Å². The van der Waals surface area contributed by atoms with Crippen LogP contribution in [-0.2, 0) is 0 Å². The maximum atomic E-state index is 11.3. The standard InChI is InChI=1S/C11H12O/c1-3-4-11(12)10-7-5-9(2)6-8-10/h3,5-8H,1,4H2,2H3. The van der Waals surface area contributed by atoms with E-state index in [9.17, 15) is 4.79 Å². The lowest BCUT2D eigenvalue weighted by Gasteiger charge is -1.97. The molecule has 1 aromatic carbocycles. The van der Waals surface area contributed by atoms with E-state index < -0.39 is 0 Å². The molecule has 0 spiro atoms. The molecule has 0 bridgehead atoms. The first-order chi connectivity index (χ1) is 5.74. The molecule has 0 atom stereocenters. The highest BCUT2D eigenvalue weighted by Crippen LogP contribution is 2.05. The Balaban J connectivity index is 2.82. The van der Waals surface area contributed by atoms with E-state index in [-0.39, 0.29) is 5.78 Å². The highest BCUT2D eigenvalue weighted by Gasteiger charge is 2.01. The van der Waals surface area contributed by atoms with Gasteiger partial charge in [0.05, 0.1) is 0 Å². The fourth-order valence-corrected chi connectivity index (χ4v) is 0.988. The summed E-state index contributed by atoms with van der Waals surface area (Å²) in [6.45, 7) is 5.52. The van der Waals surface area contributed by atoms with E-state index in [1.165, 1.54) is 5.56 Å². The highest BCUT2D eigenvalue weighted by atomic mass is 16.1. The van der Waals surface area contributed by atoms with Crippen molar-refractivity contribution in [2.75, 3.05) is 0 Å². The monoisotopic (exact) mass is 160 g/mol. The molecule has 1 nitrogen and oxygen atoms in total. The van der Waals surface area contributed by atoms with E-state index >= 15 is 0 Å². The van der Waals surface area contributed by atoms with E-state index in [0.29, 0.717) is 6.42 Å². The molecule has 0 radical (unpaired) electrons. The number of aryl methyl sites for hydroxylation is 1. The maximum Gasteiger partial charge on any atom is 0.166 e. The fraction of sp³-hybridized carbons (Fsp3) is 0.182. The second-order valence-corrected chi connectivity index (χ2v) is 2.78. The molecule has 1 heteroatoms. The van der Waals surface area contributed by atoms with Crippen LogP contribution in [0.4, 0.5) is 0 Å². The lowest BCUT2D eigenvalue weighted by molar-refractivity contribution is 0.0996. The molecule has 0 aliphatic rings. The third-order valence-corrected chi connectivity index (χ3v) is 1.70. The first-order valence-electron chi connectivity index (χ1n) is 3.95. The van der Waals surface area contributed by atoms with Crippen LogP contribution in [-0.4, -0.2) is 5.78 Å². The molecule has 62 valence electrons. The topological polar surface area (TPSA) is 17.1 Å². The smallest absolute Gasteiger partial charge is 0.166 e. The average molecular weight is 160 g/mol. The number of carbonyl (C=O) groups excluding carboxylic acids is 1. The molecule has 0 aliphatic heterocycles. The van der Waals surface area contributed by atoms with E-state index in [4.69, 9.17) is 0 Å². The van der Waals surface area contributed by atoms with Crippen molar-refractivity contribution in [3.63, 3.8) is 0 Å². The number of rotatable bonds is 3. The van der Waals surface area contributed by atoms with Gasteiger partial charge in [-0.15, -0.1) is 6.58 Å². The van der Waals surface area contributed by atoms with Crippen LogP contribution in [0.2, 0.25) is 0 Å². The summed E-state index contributed by atoms with van der Waals surface area (Å²) in [6.07, 6.45) is 2.05. The summed E-state index contributed by atoms with van der Waals surface area (Å²) in [4.78, 5) is 11.3. The summed E-state index contributed by atoms with van der Waals surface area (Å²) in [6, 6.07) is 7.58. The van der Waals surface area contributed by atoms with Gasteiger partial charge >= 0.3 is 0 Å². The van der Waals surface area contributed by atoms with Gasteiger partial charge in [-0.3, -0.25) is 4.79 Å². The predicted octanol–water partition coefficient (Wildman–Crippen LogP) is 2.75. The first kappa shape index (κ1) is 8.72. The highest BCUT2D eigenvalue weighted by molar-refractivity contribution is 5.96. The Morgan fingerprint density at radius 2 is 2.00 bits per heavy atom. The average Bonchev–Trinajstić information content (AvgIpc) is 2.06. The number of ketones is 1. The van der Waals surface area contributed by atoms with E-state index in [0.717, 1.165) is 5.56 Å². The van der Waals surface area contributed by atoms with Gasteiger partial charge in [-0.1, -0.05) is 35.9 Å². The van der Waals surface area contributed by atoms with Gasteiger partial charge in [0.1, 0.15) is 0 Å². The second kappa shape index (κ2) is 3.86. The molecular weight excluding hydrogens is 148 g/mol. The largest absolute Gasteiger partial charge is 0.294 e. The molecule has 0 fully saturated rings. The summed E-state index contributed by atoms with van der Waals surface area (Å²) in [5.74, 6) is 0.130. The Morgan fingerprint density at radius 3 is 2.50 bits per heavy atom. The van der Waals surface area contributed by atoms with Gasteiger partial charge in [0.25, 0.3) is 0 Å². The van der Waals surface area contributed by atoms with Crippen LogP contribution in [0.15, 0.2) is 36.9 Å². The fourth-order valence-electron chi connectivity index (χ4n) is 0.988. The third-order valence-electron chi connectivity index (χ3n) is 1.70. The van der Waals surface area contributed by atoms with Crippen LogP contribution >= 0.6 is 0 Å². The number of allylic oxidation sites excluding steroid dienone is 1. The number of carbonyl (C=O) groups is 1. The van der Waals surface area contributed by atoms with Crippen molar-refractivity contribution in [3.05, 3.63) is 48.0 Å². The summed E-state index contributed by atoms with van der Waals surface area (Å²) in [5, 5.41) is 0. The van der Waals surface area contributed by atoms with Crippen molar-refractivity contribution >= 4 is 5.78 Å². The zero-order valence-electron chi connectivity index (χ0n) is 7.21. The molecular formula is C11H12O. The van der Waals surface area contributed by atoms with Gasteiger partial charge in [0.2, 0.25) is 0 Å². The van der Waals surface area contributed by atoms with Gasteiger partial charge in [-0.2, -0.15) is 0 Å². The van der Waals surface area contributed by atoms with Gasteiger partial charge in [-0.25, -0.2) is 0 Å². The number of benzene rings is 1. The van der Waals surface area contributed by atoms with Crippen molar-refractivity contribution in [3.8, 4) is 0 Å². The van der Waals surface area contributed by atoms with Crippen molar-refractivity contribution < 1.29 is 4.79 Å². The zero-order valence-corrected chi connectivity index (χ0v) is 7.21. The minimum Gasteiger partial charge on any atom is -0.294 e. The maximum absolute atomic E-state index is 11.3. The Bertz CT molecular complexity index is 282. The third kappa shape index (κ3) is 2.06. The van der Waals surface area contributed by atoms with Crippen LogP contribution in [0.5, 0.6) is 0 Å². The normalized spacial score (nSPS) is 9.42. The number of hydrogen-bond donors (Lipinski definition) is 0. The SMILES string of the molecule is C=CCC(=O)c1ccc(C)cc1. The lowest BCUT2D eigenvalue weighted by atomic mass is 10.1. The molecule has 0 N–H and O–H groups in total. The molecule has 0 saturated heterocycles. The molecule has 0 unspecified atom stereocenters. The Kier molecular flexibility index (Phi) is 2.81. The van der Waals surface area contributed by atoms with E-state index in [1.807, 2.05) is 31.2 Å². The molecule has 0 aromatic heterocycles. The Morgan fingerprint density at radius 1 is 1.42 bits per heavy atom. The van der Waals surface area contributed by atoms with Crippen LogP contribution < -0.4 is 0 Å². The minimum absolute atomic E-state index is 0.130. The molecule has 0 saturated carbocycles. The molecule has 1 rings (SSSR count). The molecule has 0 aliphatic carbocycles. The number of Topliss-reactive ketones (excluding diaryl/α,β-unsaturated/α-hetero) is 1. The summed E-state index contributed by atoms with van der Waals surface area (Å²) in [5.41, 5.74) is 1.94. The van der Waals surface area contributed by atoms with Crippen LogP contribution in [0, 0.1) is 6.92 Å². The van der Waals surface area contributed by atoms with Gasteiger partial charge in [-0.05, 0) is 6.92 Å². The molecule has 0 amide bonds. The van der Waals surface area contributed by atoms with Crippen molar-refractivity contribution in [2.24, 2.45) is 0 Å². The predicted molar refractivity (Wildman–Crippen MR) is 50.3 cm³/mol. The second-order valence-electron chi connectivity index (χ2n) is 2.78. The minimum atomic E-state index is 0.130. The van der Waals surface area contributed by atoms with Crippen molar-refractivity contribution in [2.45, 2.75) is 13.3 Å². The summed E-state index contributed by atoms with van der Waals surface area (Å²) >= 11 is 0. The zero-order chi connectivity index (χ0) is 8.97. The van der Waals surface area contributed by atoms with E-state index in [2.05, 4.69) is 6.58 Å². The lowest BCUT2D eigenvalue weighted by Crippen LogP contribution is -1.95. The van der Waals surface area contributed by atoms with Crippen LogP contribution in [0.1, 0.15) is 22.3 Å². The molecule has 1 aromatic rings. The Labute approximate surface area is 72.7 Å². The van der Waals surface area contributed by atoms with Gasteiger partial charge in [0.15, 0.2) is 5.78 Å². The Hall–Kier alpha value is -1.37. The van der Waals surface area contributed by atoms with Crippen LogP contribution in [0.25, 0.3) is 0 Å². The van der Waals surface area contributed by atoms with Crippen molar-refractivity contribution in [1.82, 2.24) is 0 Å². The molecule has 0 heterocycles. The molecule has 12 heavy (non-hydrogen) atoms. The van der Waals surface area contributed by atoms with Gasteiger partial charge < -0.3 is 0 Å². The quantitative estimate of drug-likeness (QED) is 0.491. The first-order valence-corrected chi connectivity index (χ1v) is 3.95. The van der Waals surface area contributed by atoms with Crippen LogP contribution in [0.3, 0.4) is 0 Å². The number of hydrogen-bond acceptors (Lipinski definition) is 1. The van der Waals surface area contributed by atoms with E-state index in [1.54, 1.807) is 6.08 Å². The van der Waals surface area contributed by atoms with Crippen molar-refractivity contribution in [1.29, 1.82) is 0 Å². The summed E-state index contributed by atoms with van der Waals surface area (Å²) < 4.78 is 0.